The molecule has 1 fully saturated rings. The van der Waals surface area contributed by atoms with Crippen molar-refractivity contribution in [3.8, 4) is 0 Å². The van der Waals surface area contributed by atoms with Crippen LogP contribution in [0, 0.1) is 0 Å². The van der Waals surface area contributed by atoms with Crippen LogP contribution in [0.1, 0.15) is 22.3 Å². The SMILES string of the molecule is CN1c2ccccc2CN2CC[C@@H](OC(=O)c3ccccc3)C21. The number of esters is 1. The van der Waals surface area contributed by atoms with E-state index < -0.39 is 0 Å². The molecule has 2 aliphatic heterocycles. The molecule has 118 valence electrons. The fourth-order valence-corrected chi connectivity index (χ4v) is 3.73. The second-order valence-corrected chi connectivity index (χ2v) is 6.22. The molecule has 0 saturated carbocycles. The molecule has 2 heterocycles. The number of ether oxygens (including phenoxy) is 1. The monoisotopic (exact) mass is 308 g/mol. The Hall–Kier alpha value is -2.33. The quantitative estimate of drug-likeness (QED) is 0.799. The normalized spacial score (nSPS) is 23.3. The molecule has 2 aliphatic rings. The van der Waals surface area contributed by atoms with Crippen LogP contribution in [0.3, 0.4) is 0 Å². The van der Waals surface area contributed by atoms with Gasteiger partial charge in [0.2, 0.25) is 0 Å². The first kappa shape index (κ1) is 14.3. The molecule has 4 rings (SSSR count). The van der Waals surface area contributed by atoms with E-state index in [1.54, 1.807) is 12.1 Å². The number of carbonyl (C=O) groups is 1. The first-order valence-corrected chi connectivity index (χ1v) is 8.05. The minimum Gasteiger partial charge on any atom is -0.455 e. The van der Waals surface area contributed by atoms with Crippen LogP contribution in [0.2, 0.25) is 0 Å². The maximum Gasteiger partial charge on any atom is 0.338 e. The fraction of sp³-hybridized carbons (Fsp3) is 0.316. The highest BCUT2D eigenvalue weighted by Crippen LogP contribution is 2.36. The lowest BCUT2D eigenvalue weighted by Gasteiger charge is -2.42. The van der Waals surface area contributed by atoms with E-state index in [1.807, 2.05) is 18.2 Å². The van der Waals surface area contributed by atoms with Crippen LogP contribution in [-0.2, 0) is 11.3 Å². The van der Waals surface area contributed by atoms with Gasteiger partial charge < -0.3 is 9.64 Å². The van der Waals surface area contributed by atoms with Crippen LogP contribution in [-0.4, -0.2) is 36.7 Å². The van der Waals surface area contributed by atoms with E-state index in [2.05, 4.69) is 41.1 Å². The second-order valence-electron chi connectivity index (χ2n) is 6.22. The van der Waals surface area contributed by atoms with Crippen LogP contribution < -0.4 is 4.90 Å². The Kier molecular flexibility index (Phi) is 3.54. The summed E-state index contributed by atoms with van der Waals surface area (Å²) >= 11 is 0. The molecule has 0 N–H and O–H groups in total. The largest absolute Gasteiger partial charge is 0.455 e. The predicted molar refractivity (Wildman–Crippen MR) is 89.3 cm³/mol. The summed E-state index contributed by atoms with van der Waals surface area (Å²) in [6, 6.07) is 17.7. The number of hydrogen-bond acceptors (Lipinski definition) is 4. The van der Waals surface area contributed by atoms with Crippen LogP contribution in [0.25, 0.3) is 0 Å². The minimum absolute atomic E-state index is 0.0962. The topological polar surface area (TPSA) is 32.8 Å². The highest BCUT2D eigenvalue weighted by molar-refractivity contribution is 5.89. The molecule has 23 heavy (non-hydrogen) atoms. The van der Waals surface area contributed by atoms with E-state index in [0.29, 0.717) is 5.56 Å². The van der Waals surface area contributed by atoms with E-state index in [0.717, 1.165) is 19.5 Å². The molecule has 2 atom stereocenters. The Bertz CT molecular complexity index is 716. The lowest BCUT2D eigenvalue weighted by atomic mass is 10.1. The Balaban J connectivity index is 1.55. The number of carbonyl (C=O) groups excluding carboxylic acids is 1. The van der Waals surface area contributed by atoms with Gasteiger partial charge in [-0.25, -0.2) is 4.79 Å². The van der Waals surface area contributed by atoms with Gasteiger partial charge in [-0.3, -0.25) is 4.90 Å². The number of hydrogen-bond donors (Lipinski definition) is 0. The molecule has 0 amide bonds. The van der Waals surface area contributed by atoms with E-state index in [1.165, 1.54) is 11.3 Å². The number of rotatable bonds is 2. The summed E-state index contributed by atoms with van der Waals surface area (Å²) in [6.07, 6.45) is 0.903. The first-order valence-electron chi connectivity index (χ1n) is 8.05. The van der Waals surface area contributed by atoms with Crippen LogP contribution >= 0.6 is 0 Å². The lowest BCUT2D eigenvalue weighted by molar-refractivity contribution is 0.0191. The van der Waals surface area contributed by atoms with Crippen LogP contribution in [0.5, 0.6) is 0 Å². The maximum absolute atomic E-state index is 12.4. The molecular weight excluding hydrogens is 288 g/mol. The van der Waals surface area contributed by atoms with E-state index in [4.69, 9.17) is 4.74 Å². The van der Waals surface area contributed by atoms with Crippen molar-refractivity contribution in [2.75, 3.05) is 18.5 Å². The van der Waals surface area contributed by atoms with Gasteiger partial charge in [-0.05, 0) is 23.8 Å². The van der Waals surface area contributed by atoms with Gasteiger partial charge in [-0.15, -0.1) is 0 Å². The number of likely N-dealkylation sites (N-methyl/N-ethyl adjacent to an activating group) is 1. The number of anilines is 1. The average molecular weight is 308 g/mol. The van der Waals surface area contributed by atoms with Gasteiger partial charge in [0, 0.05) is 32.2 Å². The second kappa shape index (κ2) is 5.70. The molecule has 0 spiro atoms. The van der Waals surface area contributed by atoms with Crippen molar-refractivity contribution >= 4 is 11.7 Å². The van der Waals surface area contributed by atoms with Gasteiger partial charge in [0.25, 0.3) is 0 Å². The highest BCUT2D eigenvalue weighted by atomic mass is 16.5. The number of fused-ring (bicyclic) bond motifs is 2. The molecule has 1 unspecified atom stereocenters. The van der Waals surface area contributed by atoms with Gasteiger partial charge >= 0.3 is 5.97 Å². The standard InChI is InChI=1S/C19H20N2O2/c1-20-16-10-6-5-9-15(16)13-21-12-11-17(18(20)21)23-19(22)14-7-3-2-4-8-14/h2-10,17-18H,11-13H2,1H3/t17-,18?/m1/s1. The average Bonchev–Trinajstić information content (AvgIpc) is 2.99. The molecule has 0 aromatic heterocycles. The highest BCUT2D eigenvalue weighted by Gasteiger charge is 2.42. The van der Waals surface area contributed by atoms with Gasteiger partial charge in [-0.2, -0.15) is 0 Å². The zero-order chi connectivity index (χ0) is 15.8. The Morgan fingerprint density at radius 3 is 2.65 bits per heavy atom. The zero-order valence-electron chi connectivity index (χ0n) is 13.2. The molecule has 0 radical (unpaired) electrons. The molecule has 0 bridgehead atoms. The Morgan fingerprint density at radius 2 is 1.83 bits per heavy atom. The molecule has 4 heteroatoms. The molecule has 2 aromatic carbocycles. The third kappa shape index (κ3) is 2.49. The van der Waals surface area contributed by atoms with E-state index in [-0.39, 0.29) is 18.2 Å². The molecule has 0 aliphatic carbocycles. The summed E-state index contributed by atoms with van der Waals surface area (Å²) in [5.41, 5.74) is 3.18. The molecule has 2 aromatic rings. The Labute approximate surface area is 136 Å². The van der Waals surface area contributed by atoms with Crippen molar-refractivity contribution in [3.05, 3.63) is 65.7 Å². The summed E-state index contributed by atoms with van der Waals surface area (Å²) in [5.74, 6) is -0.232. The van der Waals surface area contributed by atoms with Crippen LogP contribution in [0.4, 0.5) is 5.69 Å². The van der Waals surface area contributed by atoms with Gasteiger partial charge in [0.15, 0.2) is 0 Å². The molecule has 4 nitrogen and oxygen atoms in total. The number of para-hydroxylation sites is 1. The van der Waals surface area contributed by atoms with Crippen molar-refractivity contribution in [1.29, 1.82) is 0 Å². The summed E-state index contributed by atoms with van der Waals surface area (Å²) in [5, 5.41) is 0. The molecule has 1 saturated heterocycles. The van der Waals surface area contributed by atoms with Gasteiger partial charge in [0.05, 0.1) is 5.56 Å². The minimum atomic E-state index is -0.232. The van der Waals surface area contributed by atoms with Crippen molar-refractivity contribution < 1.29 is 9.53 Å². The Morgan fingerprint density at radius 1 is 1.09 bits per heavy atom. The smallest absolute Gasteiger partial charge is 0.338 e. The van der Waals surface area contributed by atoms with Crippen molar-refractivity contribution in [1.82, 2.24) is 4.90 Å². The number of nitrogens with zero attached hydrogens (tertiary/aromatic N) is 2. The van der Waals surface area contributed by atoms with Gasteiger partial charge in [0.1, 0.15) is 12.3 Å². The van der Waals surface area contributed by atoms with Crippen LogP contribution in [0.15, 0.2) is 54.6 Å². The first-order chi connectivity index (χ1) is 11.2. The maximum atomic E-state index is 12.4. The van der Waals surface area contributed by atoms with E-state index in [9.17, 15) is 4.79 Å². The lowest BCUT2D eigenvalue weighted by Crippen LogP contribution is -2.52. The zero-order valence-corrected chi connectivity index (χ0v) is 13.2. The summed E-state index contributed by atoms with van der Waals surface area (Å²) in [4.78, 5) is 17.0. The third-order valence-corrected chi connectivity index (χ3v) is 4.82. The summed E-state index contributed by atoms with van der Waals surface area (Å²) < 4.78 is 5.83. The van der Waals surface area contributed by atoms with Gasteiger partial charge in [-0.1, -0.05) is 36.4 Å². The van der Waals surface area contributed by atoms with Crippen molar-refractivity contribution in [2.24, 2.45) is 0 Å². The molecular formula is C19H20N2O2. The third-order valence-electron chi connectivity index (χ3n) is 4.82. The summed E-state index contributed by atoms with van der Waals surface area (Å²) in [6.45, 7) is 1.88. The number of benzene rings is 2. The predicted octanol–water partition coefficient (Wildman–Crippen LogP) is 2.89. The van der Waals surface area contributed by atoms with Crippen molar-refractivity contribution in [3.63, 3.8) is 0 Å². The summed E-state index contributed by atoms with van der Waals surface area (Å²) in [7, 11) is 2.09. The fourth-order valence-electron chi connectivity index (χ4n) is 3.73. The van der Waals surface area contributed by atoms with E-state index >= 15 is 0 Å². The van der Waals surface area contributed by atoms with Crippen molar-refractivity contribution in [2.45, 2.75) is 25.2 Å².